The van der Waals surface area contributed by atoms with E-state index in [2.05, 4.69) is 36.2 Å². The average molecular weight is 244 g/mol. The van der Waals surface area contributed by atoms with Crippen molar-refractivity contribution in [1.82, 2.24) is 4.90 Å². The number of fused-ring (bicyclic) bond motifs is 1. The van der Waals surface area contributed by atoms with E-state index in [1.807, 2.05) is 0 Å². The highest BCUT2D eigenvalue weighted by Gasteiger charge is 2.31. The van der Waals surface area contributed by atoms with Crippen LogP contribution in [0.4, 0.5) is 0 Å². The summed E-state index contributed by atoms with van der Waals surface area (Å²) >= 11 is 0. The van der Waals surface area contributed by atoms with E-state index in [0.29, 0.717) is 12.1 Å². The topological polar surface area (TPSA) is 29.3 Å². The molecule has 1 fully saturated rings. The van der Waals surface area contributed by atoms with E-state index < -0.39 is 0 Å². The standard InChI is InChI=1S/C16H24N2/c1-18(14-9-7-13(17)8-10-14)16-11-6-12-4-2-3-5-15(12)16/h2-5,13-14,16H,6-11,17H2,1H3. The van der Waals surface area contributed by atoms with Crippen molar-refractivity contribution in [2.24, 2.45) is 5.73 Å². The molecule has 0 heterocycles. The molecule has 0 amide bonds. The van der Waals surface area contributed by atoms with Crippen LogP contribution in [0.3, 0.4) is 0 Å². The summed E-state index contributed by atoms with van der Waals surface area (Å²) in [7, 11) is 2.31. The predicted octanol–water partition coefficient (Wildman–Crippen LogP) is 2.88. The summed E-state index contributed by atoms with van der Waals surface area (Å²) in [5, 5.41) is 0. The molecule has 18 heavy (non-hydrogen) atoms. The second-order valence-electron chi connectivity index (χ2n) is 5.99. The molecule has 1 aromatic rings. The Morgan fingerprint density at radius 1 is 1.06 bits per heavy atom. The van der Waals surface area contributed by atoms with E-state index in [0.717, 1.165) is 6.04 Å². The Bertz CT molecular complexity index is 407. The molecule has 0 aromatic heterocycles. The van der Waals surface area contributed by atoms with Gasteiger partial charge in [-0.1, -0.05) is 24.3 Å². The Morgan fingerprint density at radius 2 is 1.78 bits per heavy atom. The zero-order valence-corrected chi connectivity index (χ0v) is 11.3. The maximum Gasteiger partial charge on any atom is 0.0353 e. The fourth-order valence-electron chi connectivity index (χ4n) is 3.72. The lowest BCUT2D eigenvalue weighted by atomic mass is 9.89. The minimum absolute atomic E-state index is 0.450. The Labute approximate surface area is 110 Å². The van der Waals surface area contributed by atoms with Crippen LogP contribution in [0.2, 0.25) is 0 Å². The summed E-state index contributed by atoms with van der Waals surface area (Å²) in [6.45, 7) is 0. The average Bonchev–Trinajstić information content (AvgIpc) is 2.82. The van der Waals surface area contributed by atoms with Gasteiger partial charge in [0, 0.05) is 18.1 Å². The molecule has 1 saturated carbocycles. The van der Waals surface area contributed by atoms with Crippen LogP contribution in [0.5, 0.6) is 0 Å². The lowest BCUT2D eigenvalue weighted by Crippen LogP contribution is -2.40. The third-order valence-electron chi connectivity index (χ3n) is 4.91. The van der Waals surface area contributed by atoms with E-state index in [4.69, 9.17) is 5.73 Å². The highest BCUT2D eigenvalue weighted by molar-refractivity contribution is 5.34. The quantitative estimate of drug-likeness (QED) is 0.867. The van der Waals surface area contributed by atoms with Gasteiger partial charge in [-0.05, 0) is 56.7 Å². The summed E-state index contributed by atoms with van der Waals surface area (Å²) in [6.07, 6.45) is 7.48. The summed E-state index contributed by atoms with van der Waals surface area (Å²) in [5.41, 5.74) is 9.13. The van der Waals surface area contributed by atoms with Crippen LogP contribution < -0.4 is 5.73 Å². The molecule has 2 aliphatic rings. The number of benzene rings is 1. The Balaban J connectivity index is 1.72. The van der Waals surface area contributed by atoms with Crippen molar-refractivity contribution in [3.05, 3.63) is 35.4 Å². The predicted molar refractivity (Wildman–Crippen MR) is 75.5 cm³/mol. The first-order valence-electron chi connectivity index (χ1n) is 7.31. The third kappa shape index (κ3) is 2.19. The number of hydrogen-bond acceptors (Lipinski definition) is 2. The molecule has 0 radical (unpaired) electrons. The van der Waals surface area contributed by atoms with Crippen LogP contribution in [-0.2, 0) is 6.42 Å². The zero-order chi connectivity index (χ0) is 12.5. The van der Waals surface area contributed by atoms with Gasteiger partial charge in [0.05, 0.1) is 0 Å². The monoisotopic (exact) mass is 244 g/mol. The Kier molecular flexibility index (Phi) is 3.40. The van der Waals surface area contributed by atoms with E-state index >= 15 is 0 Å². The molecule has 98 valence electrons. The lowest BCUT2D eigenvalue weighted by Gasteiger charge is -2.37. The molecule has 2 N–H and O–H groups in total. The minimum atomic E-state index is 0.450. The molecule has 2 nitrogen and oxygen atoms in total. The van der Waals surface area contributed by atoms with Gasteiger partial charge in [0.2, 0.25) is 0 Å². The maximum atomic E-state index is 6.01. The highest BCUT2D eigenvalue weighted by atomic mass is 15.2. The maximum absolute atomic E-state index is 6.01. The van der Waals surface area contributed by atoms with E-state index in [1.165, 1.54) is 38.5 Å². The fraction of sp³-hybridized carbons (Fsp3) is 0.625. The van der Waals surface area contributed by atoms with Gasteiger partial charge in [-0.25, -0.2) is 0 Å². The van der Waals surface area contributed by atoms with Crippen LogP contribution in [0, 0.1) is 0 Å². The molecule has 1 atom stereocenters. The normalized spacial score (nSPS) is 31.6. The van der Waals surface area contributed by atoms with Crippen LogP contribution in [-0.4, -0.2) is 24.0 Å². The molecular formula is C16H24N2. The van der Waals surface area contributed by atoms with Crippen molar-refractivity contribution in [1.29, 1.82) is 0 Å². The first-order valence-corrected chi connectivity index (χ1v) is 7.31. The molecule has 0 spiro atoms. The van der Waals surface area contributed by atoms with E-state index in [9.17, 15) is 0 Å². The van der Waals surface area contributed by atoms with Crippen LogP contribution >= 0.6 is 0 Å². The smallest absolute Gasteiger partial charge is 0.0353 e. The molecule has 1 unspecified atom stereocenters. The van der Waals surface area contributed by atoms with Crippen molar-refractivity contribution >= 4 is 0 Å². The molecule has 2 aliphatic carbocycles. The van der Waals surface area contributed by atoms with Crippen molar-refractivity contribution in [2.45, 2.75) is 56.7 Å². The minimum Gasteiger partial charge on any atom is -0.328 e. The van der Waals surface area contributed by atoms with Crippen molar-refractivity contribution in [3.8, 4) is 0 Å². The Morgan fingerprint density at radius 3 is 2.56 bits per heavy atom. The SMILES string of the molecule is CN(C1CCC(N)CC1)C1CCc2ccccc21. The van der Waals surface area contributed by atoms with E-state index in [1.54, 1.807) is 11.1 Å². The Hall–Kier alpha value is -0.860. The summed E-state index contributed by atoms with van der Waals surface area (Å²) < 4.78 is 0. The number of hydrogen-bond donors (Lipinski definition) is 1. The van der Waals surface area contributed by atoms with Gasteiger partial charge >= 0.3 is 0 Å². The van der Waals surface area contributed by atoms with Crippen molar-refractivity contribution < 1.29 is 0 Å². The first kappa shape index (κ1) is 12.2. The molecule has 0 bridgehead atoms. The summed E-state index contributed by atoms with van der Waals surface area (Å²) in [5.74, 6) is 0. The van der Waals surface area contributed by atoms with Gasteiger partial charge in [-0.15, -0.1) is 0 Å². The van der Waals surface area contributed by atoms with Gasteiger partial charge in [-0.3, -0.25) is 4.90 Å². The van der Waals surface area contributed by atoms with Crippen LogP contribution in [0.15, 0.2) is 24.3 Å². The zero-order valence-electron chi connectivity index (χ0n) is 11.3. The van der Waals surface area contributed by atoms with E-state index in [-0.39, 0.29) is 0 Å². The molecular weight excluding hydrogens is 220 g/mol. The van der Waals surface area contributed by atoms with Crippen LogP contribution in [0.25, 0.3) is 0 Å². The lowest BCUT2D eigenvalue weighted by molar-refractivity contribution is 0.131. The van der Waals surface area contributed by atoms with Crippen LogP contribution in [0.1, 0.15) is 49.3 Å². The number of rotatable bonds is 2. The first-order chi connectivity index (χ1) is 8.75. The van der Waals surface area contributed by atoms with Gasteiger partial charge < -0.3 is 5.73 Å². The van der Waals surface area contributed by atoms with Gasteiger partial charge in [-0.2, -0.15) is 0 Å². The molecule has 3 rings (SSSR count). The fourth-order valence-corrected chi connectivity index (χ4v) is 3.72. The van der Waals surface area contributed by atoms with Gasteiger partial charge in [0.1, 0.15) is 0 Å². The van der Waals surface area contributed by atoms with Gasteiger partial charge in [0.25, 0.3) is 0 Å². The number of nitrogens with zero attached hydrogens (tertiary/aromatic N) is 1. The summed E-state index contributed by atoms with van der Waals surface area (Å²) in [4.78, 5) is 2.62. The van der Waals surface area contributed by atoms with Gasteiger partial charge in [0.15, 0.2) is 0 Å². The number of nitrogens with two attached hydrogens (primary N) is 1. The van der Waals surface area contributed by atoms with Crippen molar-refractivity contribution in [3.63, 3.8) is 0 Å². The molecule has 0 aliphatic heterocycles. The van der Waals surface area contributed by atoms with Crippen molar-refractivity contribution in [2.75, 3.05) is 7.05 Å². The number of aryl methyl sites for hydroxylation is 1. The molecule has 0 saturated heterocycles. The largest absolute Gasteiger partial charge is 0.328 e. The second kappa shape index (κ2) is 5.02. The molecule has 2 heteroatoms. The summed E-state index contributed by atoms with van der Waals surface area (Å²) in [6, 6.07) is 10.8. The second-order valence-corrected chi connectivity index (χ2v) is 5.99. The third-order valence-corrected chi connectivity index (χ3v) is 4.91. The highest BCUT2D eigenvalue weighted by Crippen LogP contribution is 2.37. The molecule has 1 aromatic carbocycles.